The monoisotopic (exact) mass is 397 g/mol. The van der Waals surface area contributed by atoms with Crippen LogP contribution in [0.3, 0.4) is 0 Å². The fraction of sp³-hybridized carbons (Fsp3) is 0.318. The highest BCUT2D eigenvalue weighted by atomic mass is 19.1. The standard InChI is InChI=1S/C22H24FN3O3/c1-15-3-7-20(24-14-15)25-22(28)17-9-11-26(12-10-17)21(27)8-5-16-4-6-19(29-2)18(23)13-16/h3-8,13-14,17H,9-12H2,1-2H3,(H,24,25,28)/b8-5+. The summed E-state index contributed by atoms with van der Waals surface area (Å²) in [5.74, 6) is -0.153. The number of aryl methyl sites for hydroxylation is 1. The molecule has 0 atom stereocenters. The van der Waals surface area contributed by atoms with Gasteiger partial charge in [-0.25, -0.2) is 9.37 Å². The van der Waals surface area contributed by atoms with Gasteiger partial charge in [-0.2, -0.15) is 0 Å². The van der Waals surface area contributed by atoms with Crippen LogP contribution in [0.4, 0.5) is 10.2 Å². The van der Waals surface area contributed by atoms with E-state index < -0.39 is 5.82 Å². The van der Waals surface area contributed by atoms with Crippen LogP contribution in [0.5, 0.6) is 5.75 Å². The molecule has 1 aliphatic rings. The van der Waals surface area contributed by atoms with Crippen LogP contribution in [-0.2, 0) is 9.59 Å². The van der Waals surface area contributed by atoms with Gasteiger partial charge >= 0.3 is 0 Å². The summed E-state index contributed by atoms with van der Waals surface area (Å²) in [5, 5.41) is 2.83. The Bertz CT molecular complexity index is 904. The van der Waals surface area contributed by atoms with Gasteiger partial charge in [0, 0.05) is 31.3 Å². The summed E-state index contributed by atoms with van der Waals surface area (Å²) in [6, 6.07) is 8.19. The highest BCUT2D eigenvalue weighted by Crippen LogP contribution is 2.21. The lowest BCUT2D eigenvalue weighted by molar-refractivity contribution is -0.130. The molecule has 6 nitrogen and oxygen atoms in total. The van der Waals surface area contributed by atoms with Gasteiger partial charge in [0.1, 0.15) is 5.82 Å². The molecular weight excluding hydrogens is 373 g/mol. The van der Waals surface area contributed by atoms with Gasteiger partial charge in [0.05, 0.1) is 7.11 Å². The van der Waals surface area contributed by atoms with E-state index in [1.165, 1.54) is 25.3 Å². The number of hydrogen-bond donors (Lipinski definition) is 1. The molecule has 1 N–H and O–H groups in total. The van der Waals surface area contributed by atoms with Crippen LogP contribution in [0.15, 0.2) is 42.6 Å². The minimum atomic E-state index is -0.475. The zero-order valence-corrected chi connectivity index (χ0v) is 16.5. The average molecular weight is 397 g/mol. The Morgan fingerprint density at radius 1 is 1.24 bits per heavy atom. The minimum Gasteiger partial charge on any atom is -0.494 e. The number of benzene rings is 1. The molecule has 1 aromatic carbocycles. The number of hydrogen-bond acceptors (Lipinski definition) is 4. The van der Waals surface area contributed by atoms with Crippen LogP contribution in [0, 0.1) is 18.7 Å². The third-order valence-electron chi connectivity index (χ3n) is 4.93. The van der Waals surface area contributed by atoms with Gasteiger partial charge in [0.25, 0.3) is 0 Å². The van der Waals surface area contributed by atoms with Crippen molar-refractivity contribution >= 4 is 23.7 Å². The molecule has 0 radical (unpaired) electrons. The molecule has 2 heterocycles. The number of aromatic nitrogens is 1. The summed E-state index contributed by atoms with van der Waals surface area (Å²) in [6.07, 6.45) is 5.89. The number of anilines is 1. The summed E-state index contributed by atoms with van der Waals surface area (Å²) < 4.78 is 18.6. The van der Waals surface area contributed by atoms with E-state index in [0.29, 0.717) is 37.3 Å². The molecule has 1 aromatic heterocycles. The number of ether oxygens (including phenoxy) is 1. The summed E-state index contributed by atoms with van der Waals surface area (Å²) in [6.45, 7) is 2.93. The molecule has 0 bridgehead atoms. The van der Waals surface area contributed by atoms with Crippen molar-refractivity contribution in [3.05, 3.63) is 59.5 Å². The fourth-order valence-corrected chi connectivity index (χ4v) is 3.19. The maximum Gasteiger partial charge on any atom is 0.246 e. The molecule has 0 spiro atoms. The van der Waals surface area contributed by atoms with Gasteiger partial charge in [0.15, 0.2) is 11.6 Å². The number of nitrogens with one attached hydrogen (secondary N) is 1. The van der Waals surface area contributed by atoms with Crippen molar-refractivity contribution in [2.24, 2.45) is 5.92 Å². The summed E-state index contributed by atoms with van der Waals surface area (Å²) >= 11 is 0. The van der Waals surface area contributed by atoms with Gasteiger partial charge in [-0.15, -0.1) is 0 Å². The molecule has 0 aliphatic carbocycles. The molecule has 2 amide bonds. The van der Waals surface area contributed by atoms with Crippen molar-refractivity contribution in [3.63, 3.8) is 0 Å². The van der Waals surface area contributed by atoms with E-state index in [1.807, 2.05) is 13.0 Å². The van der Waals surface area contributed by atoms with Crippen LogP contribution in [0.1, 0.15) is 24.0 Å². The summed E-state index contributed by atoms with van der Waals surface area (Å²) in [4.78, 5) is 30.7. The van der Waals surface area contributed by atoms with Gasteiger partial charge in [-0.1, -0.05) is 12.1 Å². The Morgan fingerprint density at radius 3 is 2.62 bits per heavy atom. The topological polar surface area (TPSA) is 71.5 Å². The van der Waals surface area contributed by atoms with Crippen LogP contribution in [0.25, 0.3) is 6.08 Å². The molecule has 152 valence electrons. The van der Waals surface area contributed by atoms with E-state index >= 15 is 0 Å². The summed E-state index contributed by atoms with van der Waals surface area (Å²) in [7, 11) is 1.40. The van der Waals surface area contributed by atoms with E-state index in [0.717, 1.165) is 5.56 Å². The number of pyridine rings is 1. The second kappa shape index (κ2) is 9.32. The lowest BCUT2D eigenvalue weighted by Crippen LogP contribution is -2.40. The van der Waals surface area contributed by atoms with E-state index in [9.17, 15) is 14.0 Å². The van der Waals surface area contributed by atoms with Crippen molar-refractivity contribution in [2.75, 3.05) is 25.5 Å². The van der Waals surface area contributed by atoms with Gasteiger partial charge in [-0.05, 0) is 55.2 Å². The lowest BCUT2D eigenvalue weighted by Gasteiger charge is -2.30. The third kappa shape index (κ3) is 5.40. The highest BCUT2D eigenvalue weighted by molar-refractivity contribution is 5.93. The van der Waals surface area contributed by atoms with E-state index in [-0.39, 0.29) is 23.5 Å². The largest absolute Gasteiger partial charge is 0.494 e. The molecular formula is C22H24FN3O3. The molecule has 0 unspecified atom stereocenters. The number of methoxy groups -OCH3 is 1. The Hall–Kier alpha value is -3.22. The van der Waals surface area contributed by atoms with Gasteiger partial charge < -0.3 is 15.0 Å². The van der Waals surface area contributed by atoms with E-state index in [2.05, 4.69) is 10.3 Å². The predicted octanol–water partition coefficient (Wildman–Crippen LogP) is 3.43. The number of likely N-dealkylation sites (tertiary alicyclic amines) is 1. The fourth-order valence-electron chi connectivity index (χ4n) is 3.19. The first-order chi connectivity index (χ1) is 14.0. The maximum absolute atomic E-state index is 13.7. The Balaban J connectivity index is 1.50. The Kier molecular flexibility index (Phi) is 6.59. The molecule has 1 fully saturated rings. The summed E-state index contributed by atoms with van der Waals surface area (Å²) in [5.41, 5.74) is 1.61. The van der Waals surface area contributed by atoms with Crippen molar-refractivity contribution in [2.45, 2.75) is 19.8 Å². The second-order valence-electron chi connectivity index (χ2n) is 7.04. The number of carbonyl (C=O) groups excluding carboxylic acids is 2. The molecule has 2 aromatic rings. The highest BCUT2D eigenvalue weighted by Gasteiger charge is 2.26. The van der Waals surface area contributed by atoms with E-state index in [4.69, 9.17) is 4.74 Å². The quantitative estimate of drug-likeness (QED) is 0.785. The lowest BCUT2D eigenvalue weighted by atomic mass is 9.96. The molecule has 3 rings (SSSR count). The van der Waals surface area contributed by atoms with Crippen molar-refractivity contribution in [3.8, 4) is 5.75 Å². The number of amides is 2. The zero-order chi connectivity index (χ0) is 20.8. The van der Waals surface area contributed by atoms with E-state index in [1.54, 1.807) is 29.3 Å². The minimum absolute atomic E-state index is 0.0716. The molecule has 7 heteroatoms. The number of carbonyl (C=O) groups is 2. The van der Waals surface area contributed by atoms with Crippen molar-refractivity contribution in [1.29, 1.82) is 0 Å². The number of piperidine rings is 1. The van der Waals surface area contributed by atoms with Crippen LogP contribution in [-0.4, -0.2) is 41.9 Å². The third-order valence-corrected chi connectivity index (χ3v) is 4.93. The van der Waals surface area contributed by atoms with Crippen LogP contribution < -0.4 is 10.1 Å². The second-order valence-corrected chi connectivity index (χ2v) is 7.04. The zero-order valence-electron chi connectivity index (χ0n) is 16.5. The average Bonchev–Trinajstić information content (AvgIpc) is 2.74. The van der Waals surface area contributed by atoms with Crippen molar-refractivity contribution in [1.82, 2.24) is 9.88 Å². The first-order valence-electron chi connectivity index (χ1n) is 9.50. The molecule has 1 saturated heterocycles. The Labute approximate surface area is 169 Å². The first-order valence-corrected chi connectivity index (χ1v) is 9.50. The molecule has 1 aliphatic heterocycles. The van der Waals surface area contributed by atoms with Gasteiger partial charge in [0.2, 0.25) is 11.8 Å². The van der Waals surface area contributed by atoms with Crippen LogP contribution in [0.2, 0.25) is 0 Å². The van der Waals surface area contributed by atoms with Crippen molar-refractivity contribution < 1.29 is 18.7 Å². The number of rotatable bonds is 5. The van der Waals surface area contributed by atoms with Crippen LogP contribution >= 0.6 is 0 Å². The number of halogens is 1. The number of nitrogens with zero attached hydrogens (tertiary/aromatic N) is 2. The molecule has 0 saturated carbocycles. The SMILES string of the molecule is COc1ccc(/C=C/C(=O)N2CCC(C(=O)Nc3ccc(C)cn3)CC2)cc1F. The molecule has 29 heavy (non-hydrogen) atoms. The first kappa shape index (κ1) is 20.5. The maximum atomic E-state index is 13.7. The Morgan fingerprint density at radius 2 is 2.00 bits per heavy atom. The smallest absolute Gasteiger partial charge is 0.246 e. The normalized spacial score (nSPS) is 14.8. The van der Waals surface area contributed by atoms with Gasteiger partial charge in [-0.3, -0.25) is 9.59 Å². The predicted molar refractivity (Wildman–Crippen MR) is 109 cm³/mol.